The molecule has 2 N–H and O–H groups in total. The maximum absolute atomic E-state index is 13.5. The number of ether oxygens (including phenoxy) is 1. The van der Waals surface area contributed by atoms with E-state index < -0.39 is 28.8 Å². The summed E-state index contributed by atoms with van der Waals surface area (Å²) in [5.74, 6) is -2.10. The summed E-state index contributed by atoms with van der Waals surface area (Å²) in [6.45, 7) is 0. The van der Waals surface area contributed by atoms with Crippen LogP contribution in [0.5, 0.6) is 11.5 Å². The molecule has 150 valence electrons. The summed E-state index contributed by atoms with van der Waals surface area (Å²) in [5, 5.41) is 18.9. The predicted molar refractivity (Wildman–Crippen MR) is 105 cm³/mol. The number of hydrogen-bond donors (Lipinski definition) is 2. The van der Waals surface area contributed by atoms with Crippen molar-refractivity contribution in [1.29, 1.82) is 0 Å². The number of carboxylic acid groups (broad SMARTS) is 1. The normalized spacial score (nSPS) is 11.7. The van der Waals surface area contributed by atoms with Crippen LogP contribution in [0.2, 0.25) is 0 Å². The summed E-state index contributed by atoms with van der Waals surface area (Å²) in [6.07, 6.45) is 0. The van der Waals surface area contributed by atoms with Crippen LogP contribution < -0.4 is 9.04 Å². The van der Waals surface area contributed by atoms with Crippen molar-refractivity contribution in [2.24, 2.45) is 0 Å². The molecule has 3 aromatic rings. The van der Waals surface area contributed by atoms with Crippen molar-refractivity contribution in [3.8, 4) is 22.6 Å². The van der Waals surface area contributed by atoms with Crippen molar-refractivity contribution in [3.63, 3.8) is 0 Å². The highest BCUT2D eigenvalue weighted by Crippen LogP contribution is 2.36. The summed E-state index contributed by atoms with van der Waals surface area (Å²) in [7, 11) is 1.40. The Labute approximate surface area is 168 Å². The van der Waals surface area contributed by atoms with Gasteiger partial charge in [-0.2, -0.15) is 0 Å². The number of aromatic hydroxyl groups is 1. The second-order valence-electron chi connectivity index (χ2n) is 5.91. The molecule has 9 heteroatoms. The highest BCUT2D eigenvalue weighted by molar-refractivity contribution is 7.81. The monoisotopic (exact) mass is 416 g/mol. The van der Waals surface area contributed by atoms with Crippen LogP contribution in [0.1, 0.15) is 10.4 Å². The quantitative estimate of drug-likeness (QED) is 0.591. The van der Waals surface area contributed by atoms with E-state index in [4.69, 9.17) is 9.84 Å². The number of aromatic carboxylic acids is 1. The maximum Gasteiger partial charge on any atom is 0.339 e. The van der Waals surface area contributed by atoms with Gasteiger partial charge >= 0.3 is 5.97 Å². The molecule has 0 aliphatic heterocycles. The molecule has 1 atom stereocenters. The van der Waals surface area contributed by atoms with Crippen LogP contribution >= 0.6 is 0 Å². The van der Waals surface area contributed by atoms with Crippen molar-refractivity contribution in [3.05, 3.63) is 72.0 Å². The van der Waals surface area contributed by atoms with E-state index in [1.54, 1.807) is 18.2 Å². The molecule has 29 heavy (non-hydrogen) atoms. The SMILES string of the molecule is COc1cc(F)ccc1-c1cccc(N(c2ccc(C(=O)O)c(O)c2)S(=O)[O-])c1. The predicted octanol–water partition coefficient (Wildman–Crippen LogP) is 3.84. The van der Waals surface area contributed by atoms with Gasteiger partial charge in [-0.15, -0.1) is 0 Å². The number of rotatable bonds is 6. The highest BCUT2D eigenvalue weighted by Gasteiger charge is 2.17. The van der Waals surface area contributed by atoms with E-state index in [0.29, 0.717) is 11.1 Å². The summed E-state index contributed by atoms with van der Waals surface area (Å²) >= 11 is -2.77. The molecule has 0 aromatic heterocycles. The van der Waals surface area contributed by atoms with Gasteiger partial charge < -0.3 is 19.5 Å². The molecule has 0 spiro atoms. The van der Waals surface area contributed by atoms with Crippen LogP contribution in [0.4, 0.5) is 15.8 Å². The van der Waals surface area contributed by atoms with E-state index in [0.717, 1.165) is 16.4 Å². The first-order chi connectivity index (χ1) is 13.8. The number of benzene rings is 3. The van der Waals surface area contributed by atoms with Gasteiger partial charge in [0, 0.05) is 17.7 Å². The zero-order valence-corrected chi connectivity index (χ0v) is 15.9. The molecule has 1 unspecified atom stereocenters. The topological polar surface area (TPSA) is 110 Å². The van der Waals surface area contributed by atoms with Crippen LogP contribution in [0.3, 0.4) is 0 Å². The average molecular weight is 416 g/mol. The second-order valence-corrected chi connectivity index (χ2v) is 6.71. The molecule has 0 saturated carbocycles. The Bertz CT molecular complexity index is 1100. The minimum Gasteiger partial charge on any atom is -0.755 e. The van der Waals surface area contributed by atoms with Crippen molar-refractivity contribution in [1.82, 2.24) is 0 Å². The van der Waals surface area contributed by atoms with E-state index in [1.165, 1.54) is 37.4 Å². The van der Waals surface area contributed by atoms with E-state index in [2.05, 4.69) is 0 Å². The van der Waals surface area contributed by atoms with E-state index >= 15 is 0 Å². The summed E-state index contributed by atoms with van der Waals surface area (Å²) < 4.78 is 43.4. The van der Waals surface area contributed by atoms with Crippen molar-refractivity contribution < 1.29 is 32.9 Å². The number of halogens is 1. The maximum atomic E-state index is 13.5. The van der Waals surface area contributed by atoms with E-state index in [-0.39, 0.29) is 22.7 Å². The van der Waals surface area contributed by atoms with Gasteiger partial charge in [-0.05, 0) is 42.0 Å². The molecule has 0 bridgehead atoms. The third-order valence-electron chi connectivity index (χ3n) is 4.15. The average Bonchev–Trinajstić information content (AvgIpc) is 2.67. The standard InChI is InChI=1S/C20H16FNO6S/c1-28-19-10-13(21)5-7-16(19)12-3-2-4-14(9-12)22(29(26)27)15-6-8-17(20(24)25)18(23)11-15/h2-11,23H,1H3,(H,24,25)(H,26,27)/p-1. The van der Waals surface area contributed by atoms with Crippen molar-refractivity contribution in [2.75, 3.05) is 11.4 Å². The first kappa shape index (κ1) is 20.3. The Morgan fingerprint density at radius 2 is 1.83 bits per heavy atom. The van der Waals surface area contributed by atoms with Crippen molar-refractivity contribution in [2.45, 2.75) is 0 Å². The number of anilines is 2. The third kappa shape index (κ3) is 4.20. The van der Waals surface area contributed by atoms with Gasteiger partial charge in [0.1, 0.15) is 22.9 Å². The Kier molecular flexibility index (Phi) is 5.81. The number of nitrogens with zero attached hydrogens (tertiary/aromatic N) is 1. The largest absolute Gasteiger partial charge is 0.755 e. The lowest BCUT2D eigenvalue weighted by atomic mass is 10.0. The van der Waals surface area contributed by atoms with Gasteiger partial charge in [0.15, 0.2) is 0 Å². The molecular weight excluding hydrogens is 401 g/mol. The Morgan fingerprint density at radius 3 is 2.45 bits per heavy atom. The molecule has 7 nitrogen and oxygen atoms in total. The van der Waals surface area contributed by atoms with Crippen LogP contribution in [0.15, 0.2) is 60.7 Å². The fraction of sp³-hybridized carbons (Fsp3) is 0.0500. The van der Waals surface area contributed by atoms with E-state index in [1.807, 2.05) is 0 Å². The number of phenols is 1. The van der Waals surface area contributed by atoms with Gasteiger partial charge in [-0.1, -0.05) is 12.1 Å². The van der Waals surface area contributed by atoms with Gasteiger partial charge in [-0.25, -0.2) is 9.18 Å². The minimum absolute atomic E-state index is 0.0454. The minimum atomic E-state index is -2.77. The zero-order valence-electron chi connectivity index (χ0n) is 15.0. The molecule has 0 heterocycles. The number of carboxylic acids is 1. The van der Waals surface area contributed by atoms with Gasteiger partial charge in [0.2, 0.25) is 0 Å². The fourth-order valence-electron chi connectivity index (χ4n) is 2.85. The van der Waals surface area contributed by atoms with Crippen molar-refractivity contribution >= 4 is 28.6 Å². The Morgan fingerprint density at radius 1 is 1.10 bits per heavy atom. The third-order valence-corrected chi connectivity index (χ3v) is 4.87. The zero-order chi connectivity index (χ0) is 21.1. The summed E-state index contributed by atoms with van der Waals surface area (Å²) in [4.78, 5) is 11.1. The molecule has 3 rings (SSSR count). The first-order valence-electron chi connectivity index (χ1n) is 8.21. The lowest BCUT2D eigenvalue weighted by Crippen LogP contribution is -2.19. The number of carbonyl (C=O) groups is 1. The number of hydrogen-bond acceptors (Lipinski definition) is 5. The fourth-order valence-corrected chi connectivity index (χ4v) is 3.42. The Hall–Kier alpha value is -3.43. The molecule has 0 saturated heterocycles. The van der Waals surface area contributed by atoms with Gasteiger partial charge in [0.05, 0.1) is 29.8 Å². The smallest absolute Gasteiger partial charge is 0.339 e. The van der Waals surface area contributed by atoms with Crippen LogP contribution in [-0.2, 0) is 11.3 Å². The molecule has 0 aliphatic carbocycles. The lowest BCUT2D eigenvalue weighted by Gasteiger charge is -2.27. The van der Waals surface area contributed by atoms with Crippen LogP contribution in [-0.4, -0.2) is 32.1 Å². The molecule has 0 radical (unpaired) electrons. The molecule has 0 amide bonds. The Balaban J connectivity index is 2.09. The molecule has 0 aliphatic rings. The molecule has 0 fully saturated rings. The van der Waals surface area contributed by atoms with Gasteiger partial charge in [0.25, 0.3) is 0 Å². The van der Waals surface area contributed by atoms with Gasteiger partial charge in [-0.3, -0.25) is 8.51 Å². The highest BCUT2D eigenvalue weighted by atomic mass is 32.2. The second kappa shape index (κ2) is 8.29. The summed E-state index contributed by atoms with van der Waals surface area (Å²) in [5.41, 5.74) is 1.04. The lowest BCUT2D eigenvalue weighted by molar-refractivity contribution is 0.0693. The first-order valence-corrected chi connectivity index (χ1v) is 9.25. The van der Waals surface area contributed by atoms with Crippen LogP contribution in [0, 0.1) is 5.82 Å². The van der Waals surface area contributed by atoms with Crippen LogP contribution in [0.25, 0.3) is 11.1 Å². The summed E-state index contributed by atoms with van der Waals surface area (Å²) in [6, 6.07) is 13.8. The molecule has 3 aromatic carbocycles. The van der Waals surface area contributed by atoms with E-state index in [9.17, 15) is 23.1 Å². The number of methoxy groups -OCH3 is 1. The molecular formula is C20H15FNO6S-.